The minimum atomic E-state index is -0.416. The van der Waals surface area contributed by atoms with Gasteiger partial charge in [0.05, 0.1) is 6.04 Å². The third-order valence-electron chi connectivity index (χ3n) is 5.78. The molecule has 0 radical (unpaired) electrons. The minimum Gasteiger partial charge on any atom is -0.357 e. The summed E-state index contributed by atoms with van der Waals surface area (Å²) < 4.78 is 30.7. The number of H-pyrrole nitrogens is 1. The molecule has 1 unspecified atom stereocenters. The van der Waals surface area contributed by atoms with Gasteiger partial charge in [-0.05, 0) is 48.7 Å². The van der Waals surface area contributed by atoms with E-state index in [0.29, 0.717) is 5.56 Å². The number of fused-ring (bicyclic) bond motifs is 3. The fourth-order valence-electron chi connectivity index (χ4n) is 4.48. The van der Waals surface area contributed by atoms with Crippen molar-refractivity contribution in [3.63, 3.8) is 0 Å². The van der Waals surface area contributed by atoms with Crippen LogP contribution in [0, 0.1) is 11.6 Å². The molecular formula is C23H22F2N4. The van der Waals surface area contributed by atoms with E-state index < -0.39 is 5.82 Å². The average molecular weight is 392 g/mol. The maximum absolute atomic E-state index is 14.8. The van der Waals surface area contributed by atoms with Gasteiger partial charge in [-0.3, -0.25) is 9.58 Å². The van der Waals surface area contributed by atoms with Gasteiger partial charge in [-0.1, -0.05) is 18.2 Å². The Labute approximate surface area is 167 Å². The maximum Gasteiger partial charge on any atom is 0.128 e. The molecule has 5 rings (SSSR count). The second-order valence-electron chi connectivity index (χ2n) is 7.54. The number of rotatable bonds is 5. The van der Waals surface area contributed by atoms with Gasteiger partial charge in [0.1, 0.15) is 11.6 Å². The van der Waals surface area contributed by atoms with Gasteiger partial charge < -0.3 is 4.98 Å². The molecule has 0 spiro atoms. The number of aryl methyl sites for hydroxylation is 1. The molecule has 0 saturated carbocycles. The Bertz CT molecular complexity index is 1130. The molecule has 0 saturated heterocycles. The normalized spacial score (nSPS) is 17.0. The second-order valence-corrected chi connectivity index (χ2v) is 7.54. The van der Waals surface area contributed by atoms with Crippen molar-refractivity contribution in [3.05, 3.63) is 89.4 Å². The zero-order valence-corrected chi connectivity index (χ0v) is 16.0. The van der Waals surface area contributed by atoms with Crippen LogP contribution in [-0.4, -0.2) is 32.8 Å². The molecule has 6 heteroatoms. The third-order valence-corrected chi connectivity index (χ3v) is 5.78. The third kappa shape index (κ3) is 3.34. The first-order chi connectivity index (χ1) is 14.2. The van der Waals surface area contributed by atoms with Crippen LogP contribution in [0.25, 0.3) is 10.9 Å². The molecule has 4 nitrogen and oxygen atoms in total. The van der Waals surface area contributed by atoms with Crippen molar-refractivity contribution >= 4 is 10.9 Å². The molecule has 0 amide bonds. The summed E-state index contributed by atoms with van der Waals surface area (Å²) in [6.07, 6.45) is 5.47. The van der Waals surface area contributed by atoms with E-state index in [-0.39, 0.29) is 11.9 Å². The summed E-state index contributed by atoms with van der Waals surface area (Å²) >= 11 is 0. The van der Waals surface area contributed by atoms with Crippen LogP contribution in [-0.2, 0) is 13.0 Å². The molecule has 148 valence electrons. The van der Waals surface area contributed by atoms with Crippen molar-refractivity contribution < 1.29 is 8.78 Å². The summed E-state index contributed by atoms with van der Waals surface area (Å²) in [7, 11) is 0. The largest absolute Gasteiger partial charge is 0.357 e. The quantitative estimate of drug-likeness (QED) is 0.535. The fraction of sp³-hybridized carbons (Fsp3) is 0.261. The van der Waals surface area contributed by atoms with Crippen molar-refractivity contribution in [2.45, 2.75) is 25.4 Å². The van der Waals surface area contributed by atoms with Gasteiger partial charge in [-0.2, -0.15) is 5.10 Å². The molecule has 0 fully saturated rings. The Kier molecular flexibility index (Phi) is 4.64. The van der Waals surface area contributed by atoms with Gasteiger partial charge >= 0.3 is 0 Å². The molecule has 0 bridgehead atoms. The summed E-state index contributed by atoms with van der Waals surface area (Å²) in [6.45, 7) is 2.37. The molecule has 1 aliphatic heterocycles. The first-order valence-electron chi connectivity index (χ1n) is 9.96. The zero-order valence-electron chi connectivity index (χ0n) is 16.0. The highest BCUT2D eigenvalue weighted by Crippen LogP contribution is 2.39. The van der Waals surface area contributed by atoms with Crippen molar-refractivity contribution in [2.24, 2.45) is 0 Å². The Morgan fingerprint density at radius 3 is 2.83 bits per heavy atom. The molecule has 1 N–H and O–H groups in total. The number of hydrogen-bond donors (Lipinski definition) is 1. The highest BCUT2D eigenvalue weighted by molar-refractivity contribution is 5.85. The molecule has 0 aliphatic carbocycles. The number of nitrogens with zero attached hydrogens (tertiary/aromatic N) is 3. The highest BCUT2D eigenvalue weighted by atomic mass is 19.1. The van der Waals surface area contributed by atoms with E-state index >= 15 is 0 Å². The van der Waals surface area contributed by atoms with Gasteiger partial charge in [-0.25, -0.2) is 8.78 Å². The van der Waals surface area contributed by atoms with E-state index in [4.69, 9.17) is 0 Å². The van der Waals surface area contributed by atoms with Crippen LogP contribution in [0.15, 0.2) is 60.9 Å². The number of hydrogen-bond acceptors (Lipinski definition) is 2. The van der Waals surface area contributed by atoms with E-state index in [9.17, 15) is 8.78 Å². The Balaban J connectivity index is 1.53. The van der Waals surface area contributed by atoms with Gasteiger partial charge in [-0.15, -0.1) is 0 Å². The van der Waals surface area contributed by atoms with E-state index in [0.717, 1.165) is 43.7 Å². The summed E-state index contributed by atoms with van der Waals surface area (Å²) in [5.74, 6) is -0.791. The average Bonchev–Trinajstić information content (AvgIpc) is 3.37. The van der Waals surface area contributed by atoms with Gasteiger partial charge in [0.15, 0.2) is 0 Å². The molecule has 3 heterocycles. The number of halogens is 2. The lowest BCUT2D eigenvalue weighted by Gasteiger charge is -2.36. The fourth-order valence-corrected chi connectivity index (χ4v) is 4.48. The van der Waals surface area contributed by atoms with Crippen LogP contribution in [0.5, 0.6) is 0 Å². The number of aromatic amines is 1. The second kappa shape index (κ2) is 7.44. The van der Waals surface area contributed by atoms with Crippen LogP contribution in [0.2, 0.25) is 0 Å². The van der Waals surface area contributed by atoms with Crippen molar-refractivity contribution in [3.8, 4) is 0 Å². The lowest BCUT2D eigenvalue weighted by atomic mass is 9.92. The molecular weight excluding hydrogens is 370 g/mol. The van der Waals surface area contributed by atoms with E-state index in [1.807, 2.05) is 35.1 Å². The van der Waals surface area contributed by atoms with Crippen LogP contribution in [0.3, 0.4) is 0 Å². The predicted molar refractivity (Wildman–Crippen MR) is 109 cm³/mol. The summed E-state index contributed by atoms with van der Waals surface area (Å²) in [6, 6.07) is 13.4. The Morgan fingerprint density at radius 2 is 1.97 bits per heavy atom. The molecule has 29 heavy (non-hydrogen) atoms. The lowest BCUT2D eigenvalue weighted by molar-refractivity contribution is 0.200. The molecule has 2 aromatic heterocycles. The van der Waals surface area contributed by atoms with Crippen LogP contribution >= 0.6 is 0 Å². The van der Waals surface area contributed by atoms with Gasteiger partial charge in [0.2, 0.25) is 0 Å². The van der Waals surface area contributed by atoms with Gasteiger partial charge in [0.25, 0.3) is 0 Å². The van der Waals surface area contributed by atoms with E-state index in [2.05, 4.69) is 21.0 Å². The lowest BCUT2D eigenvalue weighted by Crippen LogP contribution is -2.37. The molecule has 4 aromatic rings. The first kappa shape index (κ1) is 18.1. The standard InChI is InChI=1S/C23H22F2N4/c24-16-7-8-20(25)19(15-16)23-22-18(17-5-1-2-6-21(17)27-22)9-14-28(23)11-4-13-29-12-3-10-26-29/h1-3,5-8,10,12,15,23,27H,4,9,11,13-14H2. The predicted octanol–water partition coefficient (Wildman–Crippen LogP) is 4.68. The molecule has 1 atom stereocenters. The topological polar surface area (TPSA) is 36.9 Å². The maximum atomic E-state index is 14.8. The van der Waals surface area contributed by atoms with Crippen molar-refractivity contribution in [1.82, 2.24) is 19.7 Å². The van der Waals surface area contributed by atoms with E-state index in [1.54, 1.807) is 6.20 Å². The summed E-state index contributed by atoms with van der Waals surface area (Å²) in [5.41, 5.74) is 3.60. The molecule has 1 aliphatic rings. The number of aromatic nitrogens is 3. The number of para-hydroxylation sites is 1. The Hall–Kier alpha value is -2.99. The smallest absolute Gasteiger partial charge is 0.128 e. The minimum absolute atomic E-state index is 0.334. The van der Waals surface area contributed by atoms with Crippen molar-refractivity contribution in [1.29, 1.82) is 0 Å². The Morgan fingerprint density at radius 1 is 1.07 bits per heavy atom. The molecule has 2 aromatic carbocycles. The van der Waals surface area contributed by atoms with Crippen molar-refractivity contribution in [2.75, 3.05) is 13.1 Å². The first-order valence-corrected chi connectivity index (χ1v) is 9.96. The summed E-state index contributed by atoms with van der Waals surface area (Å²) in [4.78, 5) is 5.75. The van der Waals surface area contributed by atoms with Crippen LogP contribution in [0.4, 0.5) is 8.78 Å². The van der Waals surface area contributed by atoms with Gasteiger partial charge in [0, 0.05) is 54.2 Å². The summed E-state index contributed by atoms with van der Waals surface area (Å²) in [5, 5.41) is 5.42. The monoisotopic (exact) mass is 392 g/mol. The number of benzene rings is 2. The zero-order chi connectivity index (χ0) is 19.8. The van der Waals surface area contributed by atoms with Crippen LogP contribution < -0.4 is 0 Å². The highest BCUT2D eigenvalue weighted by Gasteiger charge is 2.33. The number of nitrogens with one attached hydrogen (secondary N) is 1. The SMILES string of the molecule is Fc1ccc(F)c(C2c3[nH]c4ccccc4c3CCN2CCCn2cccn2)c1. The van der Waals surface area contributed by atoms with E-state index in [1.165, 1.54) is 29.1 Å². The van der Waals surface area contributed by atoms with Crippen LogP contribution in [0.1, 0.15) is 29.3 Å².